The predicted octanol–water partition coefficient (Wildman–Crippen LogP) is 2.60. The minimum atomic E-state index is -1.01. The largest absolute Gasteiger partial charge is 0.481 e. The van der Waals surface area contributed by atoms with Crippen LogP contribution in [0.5, 0.6) is 5.88 Å². The zero-order valence-electron chi connectivity index (χ0n) is 10.9. The van der Waals surface area contributed by atoms with Gasteiger partial charge in [-0.1, -0.05) is 17.7 Å². The molecule has 1 N–H and O–H groups in total. The molecule has 0 fully saturated rings. The number of halogens is 3. The molecule has 1 amide bonds. The average molecular weight is 314 g/mol. The number of anilines is 1. The van der Waals surface area contributed by atoms with Crippen molar-refractivity contribution in [1.82, 2.24) is 9.97 Å². The molecule has 0 saturated heterocycles. The quantitative estimate of drug-likeness (QED) is 0.881. The Bertz CT molecular complexity index is 682. The first-order valence-electron chi connectivity index (χ1n) is 5.80. The third kappa shape index (κ3) is 4.09. The fourth-order valence-electron chi connectivity index (χ4n) is 1.56. The van der Waals surface area contributed by atoms with Gasteiger partial charge in [0.2, 0.25) is 17.7 Å². The molecule has 110 valence electrons. The van der Waals surface area contributed by atoms with Crippen LogP contribution in [0.15, 0.2) is 24.3 Å². The van der Waals surface area contributed by atoms with Crippen LogP contribution in [0.3, 0.4) is 0 Å². The van der Waals surface area contributed by atoms with Gasteiger partial charge in [0, 0.05) is 6.07 Å². The van der Waals surface area contributed by atoms with Crippen molar-refractivity contribution in [3.63, 3.8) is 0 Å². The van der Waals surface area contributed by atoms with E-state index in [-0.39, 0.29) is 23.4 Å². The molecule has 8 heteroatoms. The molecule has 0 aliphatic rings. The summed E-state index contributed by atoms with van der Waals surface area (Å²) in [6, 6.07) is 4.61. The second-order valence-electron chi connectivity index (χ2n) is 4.03. The summed E-state index contributed by atoms with van der Waals surface area (Å²) >= 11 is 5.74. The number of rotatable bonds is 4. The number of nitrogens with zero attached hydrogens (tertiary/aromatic N) is 2. The molecule has 0 saturated carbocycles. The van der Waals surface area contributed by atoms with Crippen molar-refractivity contribution in [3.8, 4) is 5.88 Å². The predicted molar refractivity (Wildman–Crippen MR) is 72.3 cm³/mol. The van der Waals surface area contributed by atoms with Gasteiger partial charge >= 0.3 is 0 Å². The van der Waals surface area contributed by atoms with Crippen LogP contribution in [-0.2, 0) is 11.2 Å². The van der Waals surface area contributed by atoms with Crippen LogP contribution < -0.4 is 10.1 Å². The van der Waals surface area contributed by atoms with Gasteiger partial charge in [-0.05, 0) is 17.7 Å². The maximum Gasteiger partial charge on any atom is 0.234 e. The Morgan fingerprint density at radius 1 is 1.29 bits per heavy atom. The zero-order chi connectivity index (χ0) is 15.4. The first-order valence-corrected chi connectivity index (χ1v) is 6.18. The summed E-state index contributed by atoms with van der Waals surface area (Å²) in [4.78, 5) is 19.5. The number of benzene rings is 1. The summed E-state index contributed by atoms with van der Waals surface area (Å²) in [6.07, 6.45) is -0.157. The Morgan fingerprint density at radius 2 is 2.05 bits per heavy atom. The van der Waals surface area contributed by atoms with E-state index < -0.39 is 17.5 Å². The molecule has 0 spiro atoms. The fraction of sp³-hybridized carbons (Fsp3) is 0.154. The van der Waals surface area contributed by atoms with Crippen LogP contribution in [0.25, 0.3) is 0 Å². The molecule has 1 aromatic carbocycles. The van der Waals surface area contributed by atoms with Crippen molar-refractivity contribution in [2.24, 2.45) is 0 Å². The maximum atomic E-state index is 13.0. The molecule has 1 heterocycles. The van der Waals surface area contributed by atoms with Crippen LogP contribution in [0.4, 0.5) is 14.7 Å². The highest BCUT2D eigenvalue weighted by molar-refractivity contribution is 6.29. The summed E-state index contributed by atoms with van der Waals surface area (Å²) in [5.41, 5.74) is 0.320. The molecule has 2 aromatic rings. The second kappa shape index (κ2) is 6.45. The molecule has 21 heavy (non-hydrogen) atoms. The molecule has 0 aliphatic carbocycles. The molecule has 0 atom stereocenters. The number of carbonyl (C=O) groups is 1. The zero-order valence-corrected chi connectivity index (χ0v) is 11.6. The lowest BCUT2D eigenvalue weighted by Gasteiger charge is -2.06. The van der Waals surface area contributed by atoms with Crippen molar-refractivity contribution in [2.45, 2.75) is 6.42 Å². The third-order valence-corrected chi connectivity index (χ3v) is 2.67. The monoisotopic (exact) mass is 313 g/mol. The minimum Gasteiger partial charge on any atom is -0.481 e. The van der Waals surface area contributed by atoms with Gasteiger partial charge in [-0.3, -0.25) is 10.1 Å². The Labute approximate surface area is 123 Å². The van der Waals surface area contributed by atoms with Crippen LogP contribution in [0.2, 0.25) is 5.15 Å². The number of aromatic nitrogens is 2. The summed E-state index contributed by atoms with van der Waals surface area (Å²) in [6.45, 7) is 0. The van der Waals surface area contributed by atoms with Crippen molar-refractivity contribution in [3.05, 3.63) is 46.6 Å². The molecule has 0 unspecified atom stereocenters. The fourth-order valence-corrected chi connectivity index (χ4v) is 1.73. The van der Waals surface area contributed by atoms with E-state index >= 15 is 0 Å². The molecule has 2 rings (SSSR count). The number of methoxy groups -OCH3 is 1. The highest BCUT2D eigenvalue weighted by Gasteiger charge is 2.10. The Balaban J connectivity index is 2.07. The molecule has 0 bridgehead atoms. The van der Waals surface area contributed by atoms with Gasteiger partial charge in [0.15, 0.2) is 11.6 Å². The van der Waals surface area contributed by atoms with Crippen LogP contribution in [-0.4, -0.2) is 23.0 Å². The number of carbonyl (C=O) groups excluding carboxylic acids is 1. The standard InChI is InChI=1S/C13H10ClF2N3O2/c1-21-12-6-10(14)17-13(19-12)18-11(20)5-7-2-3-8(15)9(16)4-7/h2-4,6H,5H2,1H3,(H,17,18,19,20). The Kier molecular flexibility index (Phi) is 4.64. The molecule has 1 aromatic heterocycles. The first-order chi connectivity index (χ1) is 9.97. The van der Waals surface area contributed by atoms with Crippen LogP contribution in [0, 0.1) is 11.6 Å². The average Bonchev–Trinajstić information content (AvgIpc) is 2.42. The van der Waals surface area contributed by atoms with Gasteiger partial charge in [0.25, 0.3) is 0 Å². The third-order valence-electron chi connectivity index (χ3n) is 2.48. The van der Waals surface area contributed by atoms with Gasteiger partial charge in [-0.25, -0.2) is 13.8 Å². The Morgan fingerprint density at radius 3 is 2.71 bits per heavy atom. The lowest BCUT2D eigenvalue weighted by molar-refractivity contribution is -0.115. The highest BCUT2D eigenvalue weighted by Crippen LogP contribution is 2.16. The van der Waals surface area contributed by atoms with Gasteiger partial charge in [0.1, 0.15) is 5.15 Å². The number of hydrogen-bond acceptors (Lipinski definition) is 4. The molecular weight excluding hydrogens is 304 g/mol. The lowest BCUT2D eigenvalue weighted by Crippen LogP contribution is -2.16. The first kappa shape index (κ1) is 15.1. The molecule has 0 aliphatic heterocycles. The van der Waals surface area contributed by atoms with Crippen LogP contribution in [0.1, 0.15) is 5.56 Å². The van der Waals surface area contributed by atoms with Crippen LogP contribution >= 0.6 is 11.6 Å². The van der Waals surface area contributed by atoms with E-state index in [1.165, 1.54) is 19.2 Å². The van der Waals surface area contributed by atoms with E-state index in [9.17, 15) is 13.6 Å². The second-order valence-corrected chi connectivity index (χ2v) is 4.42. The lowest BCUT2D eigenvalue weighted by atomic mass is 10.1. The number of amides is 1. The van der Waals surface area contributed by atoms with E-state index in [1.54, 1.807) is 0 Å². The highest BCUT2D eigenvalue weighted by atomic mass is 35.5. The van der Waals surface area contributed by atoms with E-state index in [0.717, 1.165) is 12.1 Å². The topological polar surface area (TPSA) is 64.1 Å². The van der Waals surface area contributed by atoms with Gasteiger partial charge in [-0.15, -0.1) is 0 Å². The Hall–Kier alpha value is -2.28. The van der Waals surface area contributed by atoms with Gasteiger partial charge < -0.3 is 4.74 Å². The van der Waals surface area contributed by atoms with Crippen molar-refractivity contribution in [1.29, 1.82) is 0 Å². The summed E-state index contributed by atoms with van der Waals surface area (Å²) in [5, 5.41) is 2.50. The van der Waals surface area contributed by atoms with Crippen molar-refractivity contribution in [2.75, 3.05) is 12.4 Å². The van der Waals surface area contributed by atoms with Crippen molar-refractivity contribution >= 4 is 23.5 Å². The normalized spacial score (nSPS) is 10.3. The van der Waals surface area contributed by atoms with Gasteiger partial charge in [0.05, 0.1) is 13.5 Å². The molecular formula is C13H10ClF2N3O2. The van der Waals surface area contributed by atoms with E-state index in [2.05, 4.69) is 15.3 Å². The van der Waals surface area contributed by atoms with E-state index in [0.29, 0.717) is 5.56 Å². The molecule has 0 radical (unpaired) electrons. The number of ether oxygens (including phenoxy) is 1. The number of hydrogen-bond donors (Lipinski definition) is 1. The smallest absolute Gasteiger partial charge is 0.234 e. The van der Waals surface area contributed by atoms with Gasteiger partial charge in [-0.2, -0.15) is 4.98 Å². The minimum absolute atomic E-state index is 0.0352. The summed E-state index contributed by atoms with van der Waals surface area (Å²) in [5.74, 6) is -2.32. The number of nitrogens with one attached hydrogen (secondary N) is 1. The maximum absolute atomic E-state index is 13.0. The van der Waals surface area contributed by atoms with E-state index in [1.807, 2.05) is 0 Å². The van der Waals surface area contributed by atoms with E-state index in [4.69, 9.17) is 16.3 Å². The molecule has 5 nitrogen and oxygen atoms in total. The summed E-state index contributed by atoms with van der Waals surface area (Å²) < 4.78 is 30.7. The summed E-state index contributed by atoms with van der Waals surface area (Å²) in [7, 11) is 1.39. The van der Waals surface area contributed by atoms with Crippen molar-refractivity contribution < 1.29 is 18.3 Å². The SMILES string of the molecule is COc1cc(Cl)nc(NC(=O)Cc2ccc(F)c(F)c2)n1.